The fourth-order valence-corrected chi connectivity index (χ4v) is 5.66. The van der Waals surface area contributed by atoms with E-state index in [2.05, 4.69) is 4.98 Å². The molecule has 2 heterocycles. The third-order valence-corrected chi connectivity index (χ3v) is 7.69. The van der Waals surface area contributed by atoms with Crippen molar-refractivity contribution >= 4 is 26.9 Å². The van der Waals surface area contributed by atoms with Crippen LogP contribution in [0, 0.1) is 0 Å². The number of H-pyrrole nitrogens is 1. The lowest BCUT2D eigenvalue weighted by molar-refractivity contribution is 0.0596. The Kier molecular flexibility index (Phi) is 7.01. The highest BCUT2D eigenvalue weighted by Crippen LogP contribution is 2.26. The highest BCUT2D eigenvalue weighted by atomic mass is 32.2. The summed E-state index contributed by atoms with van der Waals surface area (Å²) in [7, 11) is -1.44. The van der Waals surface area contributed by atoms with E-state index in [4.69, 9.17) is 14.2 Å². The summed E-state index contributed by atoms with van der Waals surface area (Å²) >= 11 is 0. The van der Waals surface area contributed by atoms with Gasteiger partial charge in [-0.15, -0.1) is 0 Å². The van der Waals surface area contributed by atoms with E-state index in [1.54, 1.807) is 36.4 Å². The van der Waals surface area contributed by atoms with Gasteiger partial charge in [0, 0.05) is 31.3 Å². The Bertz CT molecular complexity index is 1360. The second kappa shape index (κ2) is 9.96. The number of carbonyl (C=O) groups excluding carboxylic acids is 1. The summed E-state index contributed by atoms with van der Waals surface area (Å²) in [6.45, 7) is 0.419. The van der Waals surface area contributed by atoms with Crippen LogP contribution in [0.15, 0.2) is 58.2 Å². The summed E-state index contributed by atoms with van der Waals surface area (Å²) in [5, 5.41) is 0.736. The van der Waals surface area contributed by atoms with Crippen LogP contribution in [0.25, 0.3) is 10.9 Å². The molecule has 34 heavy (non-hydrogen) atoms. The number of esters is 1. The van der Waals surface area contributed by atoms with Gasteiger partial charge in [-0.3, -0.25) is 4.79 Å². The average molecular weight is 487 g/mol. The Morgan fingerprint density at radius 2 is 1.97 bits per heavy atom. The van der Waals surface area contributed by atoms with Gasteiger partial charge in [0.15, 0.2) is 0 Å². The lowest BCUT2D eigenvalue weighted by Gasteiger charge is -2.25. The number of fused-ring (bicyclic) bond motifs is 1. The summed E-state index contributed by atoms with van der Waals surface area (Å²) in [4.78, 5) is 27.8. The first-order chi connectivity index (χ1) is 16.3. The Morgan fingerprint density at radius 3 is 2.68 bits per heavy atom. The van der Waals surface area contributed by atoms with E-state index < -0.39 is 21.6 Å². The van der Waals surface area contributed by atoms with Crippen molar-refractivity contribution in [1.82, 2.24) is 9.29 Å². The molecule has 0 saturated carbocycles. The third-order valence-electron chi connectivity index (χ3n) is 5.82. The van der Waals surface area contributed by atoms with Gasteiger partial charge < -0.3 is 19.2 Å². The lowest BCUT2D eigenvalue weighted by atomic mass is 10.1. The molecule has 1 N–H and O–H groups in total. The van der Waals surface area contributed by atoms with Gasteiger partial charge in [0.05, 0.1) is 36.3 Å². The Hall–Kier alpha value is -3.21. The van der Waals surface area contributed by atoms with E-state index in [1.165, 1.54) is 30.7 Å². The van der Waals surface area contributed by atoms with Crippen LogP contribution in [-0.2, 0) is 26.0 Å². The maximum absolute atomic E-state index is 13.8. The number of nitrogens with zero attached hydrogens (tertiary/aromatic N) is 1. The first-order valence-electron chi connectivity index (χ1n) is 10.8. The molecule has 1 atom stereocenters. The summed E-state index contributed by atoms with van der Waals surface area (Å²) < 4.78 is 44.4. The minimum absolute atomic E-state index is 0.0535. The quantitative estimate of drug-likeness (QED) is 0.487. The summed E-state index contributed by atoms with van der Waals surface area (Å²) in [5.74, 6) is -0.161. The van der Waals surface area contributed by atoms with E-state index in [-0.39, 0.29) is 35.2 Å². The summed E-state index contributed by atoms with van der Waals surface area (Å²) in [6, 6.07) is 12.8. The van der Waals surface area contributed by atoms with E-state index >= 15 is 0 Å². The van der Waals surface area contributed by atoms with Crippen molar-refractivity contribution in [2.24, 2.45) is 0 Å². The molecule has 0 spiro atoms. The Balaban J connectivity index is 1.76. The second-order valence-electron chi connectivity index (χ2n) is 8.00. The molecule has 1 aliphatic rings. The van der Waals surface area contributed by atoms with Crippen molar-refractivity contribution in [3.8, 4) is 5.75 Å². The van der Waals surface area contributed by atoms with Gasteiger partial charge in [0.1, 0.15) is 5.75 Å². The minimum Gasteiger partial charge on any atom is -0.497 e. The van der Waals surface area contributed by atoms with Crippen molar-refractivity contribution in [2.75, 3.05) is 27.4 Å². The normalized spacial score (nSPS) is 16.1. The number of carbonyl (C=O) groups is 1. The smallest absolute Gasteiger partial charge is 0.339 e. The molecule has 1 aliphatic heterocycles. The number of aromatic nitrogens is 1. The molecule has 3 aromatic rings. The molecule has 10 heteroatoms. The van der Waals surface area contributed by atoms with Crippen LogP contribution < -0.4 is 10.3 Å². The molecule has 1 saturated heterocycles. The van der Waals surface area contributed by atoms with Crippen LogP contribution in [0.4, 0.5) is 0 Å². The van der Waals surface area contributed by atoms with Gasteiger partial charge in [-0.05, 0) is 48.6 Å². The number of rotatable bonds is 8. The number of methoxy groups -OCH3 is 2. The van der Waals surface area contributed by atoms with Gasteiger partial charge >= 0.3 is 5.97 Å². The van der Waals surface area contributed by atoms with E-state index in [1.807, 2.05) is 0 Å². The third kappa shape index (κ3) is 4.84. The summed E-state index contributed by atoms with van der Waals surface area (Å²) in [5.41, 5.74) is 0.379. The molecular weight excluding hydrogens is 460 g/mol. The first-order valence-corrected chi connectivity index (χ1v) is 12.3. The van der Waals surface area contributed by atoms with Crippen LogP contribution >= 0.6 is 0 Å². The molecule has 0 amide bonds. The van der Waals surface area contributed by atoms with Crippen molar-refractivity contribution in [2.45, 2.75) is 30.4 Å². The van der Waals surface area contributed by atoms with Crippen LogP contribution in [0.1, 0.15) is 28.8 Å². The number of ether oxygens (including phenoxy) is 3. The maximum Gasteiger partial charge on any atom is 0.339 e. The molecule has 4 rings (SSSR count). The van der Waals surface area contributed by atoms with Gasteiger partial charge in [0.2, 0.25) is 10.0 Å². The Labute approximate surface area is 197 Å². The number of sulfonamides is 1. The molecular formula is C24H26N2O7S. The molecule has 180 valence electrons. The highest BCUT2D eigenvalue weighted by Gasteiger charge is 2.33. The molecule has 0 aliphatic carbocycles. The molecule has 9 nitrogen and oxygen atoms in total. The molecule has 1 aromatic heterocycles. The zero-order chi connectivity index (χ0) is 24.3. The van der Waals surface area contributed by atoms with Gasteiger partial charge in [-0.1, -0.05) is 12.1 Å². The van der Waals surface area contributed by atoms with Crippen molar-refractivity contribution in [3.05, 3.63) is 70.0 Å². The van der Waals surface area contributed by atoms with E-state index in [0.29, 0.717) is 24.3 Å². The van der Waals surface area contributed by atoms with Gasteiger partial charge in [-0.2, -0.15) is 4.31 Å². The topological polar surface area (TPSA) is 115 Å². The van der Waals surface area contributed by atoms with Crippen LogP contribution in [-0.4, -0.2) is 57.2 Å². The zero-order valence-electron chi connectivity index (χ0n) is 18.9. The molecule has 0 bridgehead atoms. The standard InChI is InChI=1S/C24H26N2O7S/c1-31-18-10-9-16-12-17(23(27)25-21(16)13-18)14-26(15-19-6-5-11-33-19)34(29,30)22-8-4-3-7-20(22)24(28)32-2/h3-4,7-10,12-13,19H,5-6,11,14-15H2,1-2H3,(H,25,27)/t19-/m0/s1. The number of hydrogen-bond acceptors (Lipinski definition) is 7. The van der Waals surface area contributed by atoms with Gasteiger partial charge in [0.25, 0.3) is 5.56 Å². The predicted molar refractivity (Wildman–Crippen MR) is 125 cm³/mol. The number of aromatic amines is 1. The van der Waals surface area contributed by atoms with Crippen molar-refractivity contribution in [1.29, 1.82) is 0 Å². The predicted octanol–water partition coefficient (Wildman–Crippen LogP) is 2.69. The largest absolute Gasteiger partial charge is 0.497 e. The number of nitrogens with one attached hydrogen (secondary N) is 1. The van der Waals surface area contributed by atoms with Crippen molar-refractivity contribution in [3.63, 3.8) is 0 Å². The number of hydrogen-bond donors (Lipinski definition) is 1. The Morgan fingerprint density at radius 1 is 1.18 bits per heavy atom. The van der Waals surface area contributed by atoms with E-state index in [9.17, 15) is 18.0 Å². The molecule has 2 aromatic carbocycles. The molecule has 1 fully saturated rings. The van der Waals surface area contributed by atoms with Crippen LogP contribution in [0.2, 0.25) is 0 Å². The van der Waals surface area contributed by atoms with Crippen molar-refractivity contribution < 1.29 is 27.4 Å². The monoisotopic (exact) mass is 486 g/mol. The SMILES string of the molecule is COC(=O)c1ccccc1S(=O)(=O)N(Cc1cc2ccc(OC)cc2[nH]c1=O)C[C@@H]1CCCO1. The maximum atomic E-state index is 13.8. The minimum atomic E-state index is -4.17. The molecule has 0 radical (unpaired) electrons. The zero-order valence-corrected chi connectivity index (χ0v) is 19.8. The first kappa shape index (κ1) is 23.9. The van der Waals surface area contributed by atoms with Crippen LogP contribution in [0.5, 0.6) is 5.75 Å². The second-order valence-corrected chi connectivity index (χ2v) is 9.90. The lowest BCUT2D eigenvalue weighted by Crippen LogP contribution is -2.39. The number of pyridine rings is 1. The highest BCUT2D eigenvalue weighted by molar-refractivity contribution is 7.89. The molecule has 0 unspecified atom stereocenters. The number of benzene rings is 2. The van der Waals surface area contributed by atoms with E-state index in [0.717, 1.165) is 11.8 Å². The fourth-order valence-electron chi connectivity index (χ4n) is 4.03. The van der Waals surface area contributed by atoms with Gasteiger partial charge in [-0.25, -0.2) is 13.2 Å². The fraction of sp³-hybridized carbons (Fsp3) is 0.333. The van der Waals surface area contributed by atoms with Crippen LogP contribution in [0.3, 0.4) is 0 Å². The summed E-state index contributed by atoms with van der Waals surface area (Å²) in [6.07, 6.45) is 1.23. The average Bonchev–Trinajstić information content (AvgIpc) is 3.36.